The van der Waals surface area contributed by atoms with Gasteiger partial charge in [0.05, 0.1) is 4.88 Å². The highest BCUT2D eigenvalue weighted by Gasteiger charge is 2.26. The van der Waals surface area contributed by atoms with E-state index >= 15 is 0 Å². The number of nitrogens with zero attached hydrogens (tertiary/aromatic N) is 2. The molecule has 1 atom stereocenters. The molecular weight excluding hydrogens is 328 g/mol. The third-order valence-electron chi connectivity index (χ3n) is 5.45. The molecule has 1 aromatic heterocycles. The van der Waals surface area contributed by atoms with Crippen LogP contribution in [0.5, 0.6) is 0 Å². The van der Waals surface area contributed by atoms with Crippen LogP contribution >= 0.6 is 11.3 Å². The van der Waals surface area contributed by atoms with Crippen LogP contribution in [0.25, 0.3) is 0 Å². The topological polar surface area (TPSA) is 23.6 Å². The number of fused-ring (bicyclic) bond motifs is 1. The van der Waals surface area contributed by atoms with Gasteiger partial charge in [0.2, 0.25) is 0 Å². The molecule has 0 saturated carbocycles. The van der Waals surface area contributed by atoms with Gasteiger partial charge in [-0.2, -0.15) is 0 Å². The second-order valence-corrected chi connectivity index (χ2v) is 8.60. The average molecular weight is 355 g/mol. The normalized spacial score (nSPS) is 21.2. The summed E-state index contributed by atoms with van der Waals surface area (Å²) in [6.45, 7) is 6.89. The summed E-state index contributed by atoms with van der Waals surface area (Å²) in [4.78, 5) is 19.8. The third kappa shape index (κ3) is 3.80. The minimum absolute atomic E-state index is 0.242. The highest BCUT2D eigenvalue weighted by molar-refractivity contribution is 7.14. The lowest BCUT2D eigenvalue weighted by molar-refractivity contribution is 0.0633. The molecule has 1 aliphatic heterocycles. The zero-order valence-electron chi connectivity index (χ0n) is 14.9. The zero-order valence-corrected chi connectivity index (χ0v) is 15.7. The van der Waals surface area contributed by atoms with E-state index in [1.165, 1.54) is 22.4 Å². The molecule has 1 fully saturated rings. The Hall–Kier alpha value is -1.65. The lowest BCUT2D eigenvalue weighted by Gasteiger charge is -2.34. The molecule has 4 rings (SSSR count). The second kappa shape index (κ2) is 7.30. The number of piperazine rings is 1. The van der Waals surface area contributed by atoms with Gasteiger partial charge < -0.3 is 4.90 Å². The number of benzene rings is 1. The van der Waals surface area contributed by atoms with Gasteiger partial charge in [-0.3, -0.25) is 9.69 Å². The SMILES string of the molecule is C[C@@H]1CCc2sc(C(=O)N3CCN(Cc4ccccc4)CC3)cc2C1. The van der Waals surface area contributed by atoms with Gasteiger partial charge in [0.25, 0.3) is 5.91 Å². The maximum Gasteiger partial charge on any atom is 0.264 e. The highest BCUT2D eigenvalue weighted by atomic mass is 32.1. The van der Waals surface area contributed by atoms with Crippen LogP contribution in [0.3, 0.4) is 0 Å². The van der Waals surface area contributed by atoms with Gasteiger partial charge in [0, 0.05) is 37.6 Å². The predicted molar refractivity (Wildman–Crippen MR) is 103 cm³/mol. The van der Waals surface area contributed by atoms with E-state index in [1.54, 1.807) is 11.3 Å². The molecule has 2 aromatic rings. The number of rotatable bonds is 3. The van der Waals surface area contributed by atoms with Crippen LogP contribution in [-0.2, 0) is 19.4 Å². The Morgan fingerprint density at radius 1 is 1.16 bits per heavy atom. The minimum atomic E-state index is 0.242. The number of thiophene rings is 1. The first-order valence-corrected chi connectivity index (χ1v) is 10.2. The van der Waals surface area contributed by atoms with Gasteiger partial charge in [-0.1, -0.05) is 37.3 Å². The molecule has 1 saturated heterocycles. The van der Waals surface area contributed by atoms with E-state index in [1.807, 2.05) is 4.90 Å². The number of hydrogen-bond donors (Lipinski definition) is 0. The number of aryl methyl sites for hydroxylation is 1. The second-order valence-electron chi connectivity index (χ2n) is 7.46. The maximum absolute atomic E-state index is 12.9. The van der Waals surface area contributed by atoms with E-state index in [0.29, 0.717) is 0 Å². The number of carbonyl (C=O) groups excluding carboxylic acids is 1. The van der Waals surface area contributed by atoms with Gasteiger partial charge in [-0.15, -0.1) is 11.3 Å². The van der Waals surface area contributed by atoms with Crippen LogP contribution in [-0.4, -0.2) is 41.9 Å². The summed E-state index contributed by atoms with van der Waals surface area (Å²) in [6, 6.07) is 12.8. The van der Waals surface area contributed by atoms with Crippen molar-refractivity contribution in [1.82, 2.24) is 9.80 Å². The van der Waals surface area contributed by atoms with Crippen molar-refractivity contribution in [2.45, 2.75) is 32.7 Å². The summed E-state index contributed by atoms with van der Waals surface area (Å²) in [5, 5.41) is 0. The molecule has 0 N–H and O–H groups in total. The Morgan fingerprint density at radius 3 is 2.68 bits per heavy atom. The van der Waals surface area contributed by atoms with Gasteiger partial charge in [-0.05, 0) is 42.4 Å². The first kappa shape index (κ1) is 16.8. The molecule has 2 aliphatic rings. The molecule has 3 nitrogen and oxygen atoms in total. The van der Waals surface area contributed by atoms with Crippen LogP contribution in [0, 0.1) is 5.92 Å². The van der Waals surface area contributed by atoms with E-state index in [-0.39, 0.29) is 5.91 Å². The molecular formula is C21H26N2OS. The molecule has 0 unspecified atom stereocenters. The largest absolute Gasteiger partial charge is 0.335 e. The summed E-state index contributed by atoms with van der Waals surface area (Å²) < 4.78 is 0. The molecule has 4 heteroatoms. The molecule has 0 spiro atoms. The summed E-state index contributed by atoms with van der Waals surface area (Å²) in [6.07, 6.45) is 3.56. The van der Waals surface area contributed by atoms with Crippen molar-refractivity contribution >= 4 is 17.2 Å². The highest BCUT2D eigenvalue weighted by Crippen LogP contribution is 2.32. The minimum Gasteiger partial charge on any atom is -0.335 e. The summed E-state index contributed by atoms with van der Waals surface area (Å²) in [5.41, 5.74) is 2.78. The average Bonchev–Trinajstić information content (AvgIpc) is 3.06. The van der Waals surface area contributed by atoms with Crippen molar-refractivity contribution in [3.05, 3.63) is 57.3 Å². The first-order valence-electron chi connectivity index (χ1n) is 9.36. The van der Waals surface area contributed by atoms with Crippen molar-refractivity contribution in [2.24, 2.45) is 5.92 Å². The number of hydrogen-bond acceptors (Lipinski definition) is 3. The van der Waals surface area contributed by atoms with Crippen molar-refractivity contribution in [1.29, 1.82) is 0 Å². The van der Waals surface area contributed by atoms with Gasteiger partial charge >= 0.3 is 0 Å². The lowest BCUT2D eigenvalue weighted by atomic mass is 9.90. The fourth-order valence-electron chi connectivity index (χ4n) is 3.92. The standard InChI is InChI=1S/C21H26N2OS/c1-16-7-8-19-18(13-16)14-20(25-19)21(24)23-11-9-22(10-12-23)15-17-5-3-2-4-6-17/h2-6,14,16H,7-13,15H2,1H3/t16-/m1/s1. The third-order valence-corrected chi connectivity index (χ3v) is 6.67. The fraction of sp³-hybridized carbons (Fsp3) is 0.476. The number of carbonyl (C=O) groups is 1. The van der Waals surface area contributed by atoms with E-state index < -0.39 is 0 Å². The van der Waals surface area contributed by atoms with Crippen LogP contribution in [0.4, 0.5) is 0 Å². The summed E-state index contributed by atoms with van der Waals surface area (Å²) in [5.74, 6) is 0.998. The maximum atomic E-state index is 12.9. The lowest BCUT2D eigenvalue weighted by Crippen LogP contribution is -2.48. The summed E-state index contributed by atoms with van der Waals surface area (Å²) in [7, 11) is 0. The molecule has 0 bridgehead atoms. The van der Waals surface area contributed by atoms with Gasteiger partial charge in [-0.25, -0.2) is 0 Å². The molecule has 1 amide bonds. The van der Waals surface area contributed by atoms with Gasteiger partial charge in [0.1, 0.15) is 0 Å². The summed E-state index contributed by atoms with van der Waals surface area (Å²) >= 11 is 1.74. The van der Waals surface area contributed by atoms with E-state index in [4.69, 9.17) is 0 Å². The fourth-order valence-corrected chi connectivity index (χ4v) is 5.09. The smallest absolute Gasteiger partial charge is 0.264 e. The molecule has 1 aromatic carbocycles. The Balaban J connectivity index is 1.35. The molecule has 2 heterocycles. The van der Waals surface area contributed by atoms with Crippen LogP contribution in [0.2, 0.25) is 0 Å². The Labute approximate surface area is 154 Å². The Morgan fingerprint density at radius 2 is 1.92 bits per heavy atom. The Bertz CT molecular complexity index is 732. The Kier molecular flexibility index (Phi) is 4.91. The molecule has 0 radical (unpaired) electrons. The van der Waals surface area contributed by atoms with Gasteiger partial charge in [0.15, 0.2) is 0 Å². The van der Waals surface area contributed by atoms with Crippen molar-refractivity contribution in [2.75, 3.05) is 26.2 Å². The predicted octanol–water partition coefficient (Wildman–Crippen LogP) is 3.83. The van der Waals surface area contributed by atoms with Crippen molar-refractivity contribution in [3.63, 3.8) is 0 Å². The van der Waals surface area contributed by atoms with E-state index in [0.717, 1.165) is 56.4 Å². The van der Waals surface area contributed by atoms with Crippen molar-refractivity contribution in [3.8, 4) is 0 Å². The van der Waals surface area contributed by atoms with E-state index in [2.05, 4.69) is 48.2 Å². The van der Waals surface area contributed by atoms with Crippen LogP contribution < -0.4 is 0 Å². The van der Waals surface area contributed by atoms with E-state index in [9.17, 15) is 4.79 Å². The monoisotopic (exact) mass is 354 g/mol. The zero-order chi connectivity index (χ0) is 17.2. The first-order chi connectivity index (χ1) is 12.2. The van der Waals surface area contributed by atoms with Crippen molar-refractivity contribution < 1.29 is 4.79 Å². The van der Waals surface area contributed by atoms with Crippen LogP contribution in [0.15, 0.2) is 36.4 Å². The number of amides is 1. The quantitative estimate of drug-likeness (QED) is 0.836. The van der Waals surface area contributed by atoms with Crippen LogP contribution in [0.1, 0.15) is 39.0 Å². The molecule has 25 heavy (non-hydrogen) atoms. The molecule has 132 valence electrons. The molecule has 1 aliphatic carbocycles.